The molecule has 0 aliphatic heterocycles. The van der Waals surface area contributed by atoms with Crippen LogP contribution in [-0.2, 0) is 22.6 Å². The van der Waals surface area contributed by atoms with Gasteiger partial charge in [-0.05, 0) is 42.2 Å². The molecular formula is C19H19ClFNO4. The summed E-state index contributed by atoms with van der Waals surface area (Å²) in [6.07, 6.45) is -0.597. The first-order valence-corrected chi connectivity index (χ1v) is 8.45. The Morgan fingerprint density at radius 2 is 1.92 bits per heavy atom. The number of rotatable bonds is 8. The molecule has 2 aromatic rings. The lowest BCUT2D eigenvalue weighted by atomic mass is 10.0. The van der Waals surface area contributed by atoms with Gasteiger partial charge in [-0.15, -0.1) is 0 Å². The van der Waals surface area contributed by atoms with E-state index < -0.39 is 23.9 Å². The number of carbonyl (C=O) groups excluding carboxylic acids is 1. The first-order chi connectivity index (χ1) is 12.4. The van der Waals surface area contributed by atoms with Crippen LogP contribution in [0.4, 0.5) is 9.18 Å². The third-order valence-corrected chi connectivity index (χ3v) is 3.95. The molecule has 1 unspecified atom stereocenters. The average molecular weight is 380 g/mol. The van der Waals surface area contributed by atoms with E-state index in [1.54, 1.807) is 0 Å². The number of aliphatic carboxylic acids is 1. The molecule has 7 heteroatoms. The second-order valence-corrected chi connectivity index (χ2v) is 6.21. The molecule has 5 nitrogen and oxygen atoms in total. The van der Waals surface area contributed by atoms with Gasteiger partial charge in [0.25, 0.3) is 0 Å². The lowest BCUT2D eigenvalue weighted by molar-refractivity contribution is -0.137. The topological polar surface area (TPSA) is 75.6 Å². The molecule has 138 valence electrons. The summed E-state index contributed by atoms with van der Waals surface area (Å²) in [6.45, 7) is 0.0872. The van der Waals surface area contributed by atoms with E-state index in [1.807, 2.05) is 30.3 Å². The van der Waals surface area contributed by atoms with Crippen molar-refractivity contribution in [1.29, 1.82) is 0 Å². The summed E-state index contributed by atoms with van der Waals surface area (Å²) in [7, 11) is 0. The Morgan fingerprint density at radius 1 is 1.19 bits per heavy atom. The Kier molecular flexibility index (Phi) is 7.41. The van der Waals surface area contributed by atoms with Crippen molar-refractivity contribution in [3.63, 3.8) is 0 Å². The van der Waals surface area contributed by atoms with Crippen molar-refractivity contribution in [2.45, 2.75) is 31.9 Å². The van der Waals surface area contributed by atoms with Crippen LogP contribution >= 0.6 is 11.6 Å². The maximum absolute atomic E-state index is 13.9. The largest absolute Gasteiger partial charge is 0.481 e. The zero-order valence-corrected chi connectivity index (χ0v) is 14.7. The van der Waals surface area contributed by atoms with Gasteiger partial charge < -0.3 is 15.2 Å². The molecule has 2 aromatic carbocycles. The summed E-state index contributed by atoms with van der Waals surface area (Å²) in [5.41, 5.74) is 1.13. The molecule has 0 saturated carbocycles. The van der Waals surface area contributed by atoms with E-state index in [0.717, 1.165) is 5.56 Å². The van der Waals surface area contributed by atoms with E-state index in [-0.39, 0.29) is 25.9 Å². The van der Waals surface area contributed by atoms with Crippen LogP contribution in [0.2, 0.25) is 5.02 Å². The lowest BCUT2D eigenvalue weighted by Crippen LogP contribution is -2.37. The normalized spacial score (nSPS) is 11.6. The van der Waals surface area contributed by atoms with Crippen LogP contribution in [0.15, 0.2) is 48.5 Å². The molecule has 0 fully saturated rings. The maximum atomic E-state index is 13.9. The number of halogens is 2. The molecule has 0 radical (unpaired) electrons. The number of nitrogens with one attached hydrogen (secondary N) is 1. The predicted molar refractivity (Wildman–Crippen MR) is 95.5 cm³/mol. The minimum atomic E-state index is -0.999. The molecule has 1 amide bonds. The highest BCUT2D eigenvalue weighted by Gasteiger charge is 2.18. The fourth-order valence-electron chi connectivity index (χ4n) is 2.42. The number of hydrogen-bond donors (Lipinski definition) is 2. The number of amides is 1. The fraction of sp³-hybridized carbons (Fsp3) is 0.263. The van der Waals surface area contributed by atoms with Gasteiger partial charge in [-0.1, -0.05) is 41.9 Å². The molecule has 0 bridgehead atoms. The van der Waals surface area contributed by atoms with Crippen molar-refractivity contribution < 1.29 is 23.8 Å². The standard InChI is InChI=1S/C19H19ClFNO4/c20-15-6-8-17(21)14(10-15)11-16(7-9-18(23)24)22-19(25)26-12-13-4-2-1-3-5-13/h1-6,8,10,16H,7,9,11-12H2,(H,22,25)(H,23,24). The molecule has 26 heavy (non-hydrogen) atoms. The van der Waals surface area contributed by atoms with Crippen molar-refractivity contribution in [2.75, 3.05) is 0 Å². The summed E-state index contributed by atoms with van der Waals surface area (Å²) in [4.78, 5) is 22.8. The molecule has 0 saturated heterocycles. The first kappa shape index (κ1) is 19.7. The van der Waals surface area contributed by atoms with E-state index in [2.05, 4.69) is 5.32 Å². The molecule has 0 aliphatic rings. The van der Waals surface area contributed by atoms with Crippen LogP contribution in [0.3, 0.4) is 0 Å². The Balaban J connectivity index is 1.98. The number of benzene rings is 2. The van der Waals surface area contributed by atoms with Crippen LogP contribution in [0.1, 0.15) is 24.0 Å². The summed E-state index contributed by atoms with van der Waals surface area (Å²) in [6, 6.07) is 12.7. The van der Waals surface area contributed by atoms with Gasteiger partial charge in [0.15, 0.2) is 0 Å². The van der Waals surface area contributed by atoms with Gasteiger partial charge in [0.1, 0.15) is 12.4 Å². The molecule has 2 N–H and O–H groups in total. The number of carboxylic acid groups (broad SMARTS) is 1. The summed E-state index contributed by atoms with van der Waals surface area (Å²) < 4.78 is 19.1. The third-order valence-electron chi connectivity index (χ3n) is 3.72. The van der Waals surface area contributed by atoms with E-state index >= 15 is 0 Å². The van der Waals surface area contributed by atoms with E-state index in [1.165, 1.54) is 18.2 Å². The van der Waals surface area contributed by atoms with Crippen LogP contribution < -0.4 is 5.32 Å². The van der Waals surface area contributed by atoms with Crippen LogP contribution in [-0.4, -0.2) is 23.2 Å². The highest BCUT2D eigenvalue weighted by Crippen LogP contribution is 2.18. The molecule has 0 aliphatic carbocycles. The van der Waals surface area contributed by atoms with Crippen molar-refractivity contribution in [1.82, 2.24) is 5.32 Å². The maximum Gasteiger partial charge on any atom is 0.407 e. The smallest absolute Gasteiger partial charge is 0.407 e. The summed E-state index contributed by atoms with van der Waals surface area (Å²) in [5, 5.41) is 11.8. The molecule has 0 aromatic heterocycles. The minimum Gasteiger partial charge on any atom is -0.481 e. The SMILES string of the molecule is O=C(O)CCC(Cc1cc(Cl)ccc1F)NC(=O)OCc1ccccc1. The van der Waals surface area contributed by atoms with Crippen molar-refractivity contribution in [2.24, 2.45) is 0 Å². The van der Waals surface area contributed by atoms with Crippen LogP contribution in [0, 0.1) is 5.82 Å². The highest BCUT2D eigenvalue weighted by atomic mass is 35.5. The van der Waals surface area contributed by atoms with Gasteiger partial charge in [0.2, 0.25) is 0 Å². The third kappa shape index (κ3) is 6.72. The van der Waals surface area contributed by atoms with E-state index in [4.69, 9.17) is 21.4 Å². The number of carbonyl (C=O) groups is 2. The van der Waals surface area contributed by atoms with Crippen molar-refractivity contribution in [3.05, 3.63) is 70.5 Å². The predicted octanol–water partition coefficient (Wildman–Crippen LogP) is 4.18. The fourth-order valence-corrected chi connectivity index (χ4v) is 2.61. The zero-order valence-electron chi connectivity index (χ0n) is 14.0. The van der Waals surface area contributed by atoms with Gasteiger partial charge >= 0.3 is 12.1 Å². The Bertz CT molecular complexity index is 754. The van der Waals surface area contributed by atoms with E-state index in [9.17, 15) is 14.0 Å². The second-order valence-electron chi connectivity index (χ2n) is 5.78. The molecule has 1 atom stereocenters. The van der Waals surface area contributed by atoms with Gasteiger partial charge in [-0.3, -0.25) is 4.79 Å². The average Bonchev–Trinajstić information content (AvgIpc) is 2.62. The monoisotopic (exact) mass is 379 g/mol. The highest BCUT2D eigenvalue weighted by molar-refractivity contribution is 6.30. The second kappa shape index (κ2) is 9.77. The Labute approximate surface area is 155 Å². The molecule has 2 rings (SSSR count). The van der Waals surface area contributed by atoms with Gasteiger partial charge in [-0.25, -0.2) is 9.18 Å². The number of alkyl carbamates (subject to hydrolysis) is 1. The van der Waals surface area contributed by atoms with Crippen molar-refractivity contribution >= 4 is 23.7 Å². The summed E-state index contributed by atoms with van der Waals surface area (Å²) >= 11 is 5.88. The van der Waals surface area contributed by atoms with Crippen molar-refractivity contribution in [3.8, 4) is 0 Å². The molecule has 0 heterocycles. The van der Waals surface area contributed by atoms with Crippen LogP contribution in [0.25, 0.3) is 0 Å². The lowest BCUT2D eigenvalue weighted by Gasteiger charge is -2.18. The van der Waals surface area contributed by atoms with Crippen LogP contribution in [0.5, 0.6) is 0 Å². The van der Waals surface area contributed by atoms with Gasteiger partial charge in [0.05, 0.1) is 0 Å². The first-order valence-electron chi connectivity index (χ1n) is 8.07. The van der Waals surface area contributed by atoms with Gasteiger partial charge in [0, 0.05) is 17.5 Å². The molecule has 0 spiro atoms. The Hall–Kier alpha value is -2.60. The molecular weight excluding hydrogens is 361 g/mol. The van der Waals surface area contributed by atoms with E-state index in [0.29, 0.717) is 10.6 Å². The zero-order chi connectivity index (χ0) is 18.9. The number of ether oxygens (including phenoxy) is 1. The van der Waals surface area contributed by atoms with Gasteiger partial charge in [-0.2, -0.15) is 0 Å². The number of carboxylic acids is 1. The number of hydrogen-bond acceptors (Lipinski definition) is 3. The quantitative estimate of drug-likeness (QED) is 0.721. The summed E-state index contributed by atoms with van der Waals surface area (Å²) in [5.74, 6) is -1.46. The Morgan fingerprint density at radius 3 is 2.62 bits per heavy atom. The minimum absolute atomic E-state index is 0.0872.